The van der Waals surface area contributed by atoms with Crippen molar-refractivity contribution in [3.05, 3.63) is 64.1 Å². The SMILES string of the molecule is O=C(Nc1ccccc1C(Cl)(Cl)Cl)c1ccc(Br)cc1. The molecule has 2 rings (SSSR count). The van der Waals surface area contributed by atoms with Crippen molar-refractivity contribution in [1.82, 2.24) is 0 Å². The van der Waals surface area contributed by atoms with E-state index in [2.05, 4.69) is 21.2 Å². The summed E-state index contributed by atoms with van der Waals surface area (Å²) >= 11 is 21.0. The van der Waals surface area contributed by atoms with Crippen molar-refractivity contribution in [2.45, 2.75) is 3.79 Å². The molecule has 20 heavy (non-hydrogen) atoms. The van der Waals surface area contributed by atoms with E-state index in [1.165, 1.54) is 0 Å². The van der Waals surface area contributed by atoms with Crippen LogP contribution in [0.4, 0.5) is 5.69 Å². The standard InChI is InChI=1S/C14H9BrCl3NO/c15-10-7-5-9(6-8-10)13(20)19-12-4-2-1-3-11(12)14(16,17)18/h1-8H,(H,19,20). The molecule has 0 unspecified atom stereocenters. The molecule has 0 saturated carbocycles. The number of alkyl halides is 3. The van der Waals surface area contributed by atoms with Crippen LogP contribution in [0.1, 0.15) is 15.9 Å². The Morgan fingerprint density at radius 1 is 1.00 bits per heavy atom. The van der Waals surface area contributed by atoms with Gasteiger partial charge in [-0.2, -0.15) is 0 Å². The Labute approximate surface area is 140 Å². The van der Waals surface area contributed by atoms with E-state index in [9.17, 15) is 4.79 Å². The molecule has 0 aromatic heterocycles. The number of hydrogen-bond acceptors (Lipinski definition) is 1. The van der Waals surface area contributed by atoms with Crippen LogP contribution in [0.15, 0.2) is 53.0 Å². The molecule has 0 atom stereocenters. The molecule has 2 nitrogen and oxygen atoms in total. The van der Waals surface area contributed by atoms with E-state index in [0.29, 0.717) is 16.8 Å². The molecule has 6 heteroatoms. The molecule has 0 aliphatic heterocycles. The van der Waals surface area contributed by atoms with Crippen molar-refractivity contribution in [1.29, 1.82) is 0 Å². The summed E-state index contributed by atoms with van der Waals surface area (Å²) in [6, 6.07) is 13.8. The molecular formula is C14H9BrCl3NO. The van der Waals surface area contributed by atoms with Gasteiger partial charge >= 0.3 is 0 Å². The molecule has 1 amide bonds. The molecule has 0 radical (unpaired) electrons. The van der Waals surface area contributed by atoms with Gasteiger partial charge in [0, 0.05) is 21.3 Å². The van der Waals surface area contributed by atoms with Crippen LogP contribution in [-0.2, 0) is 3.79 Å². The highest BCUT2D eigenvalue weighted by molar-refractivity contribution is 9.10. The van der Waals surface area contributed by atoms with Crippen molar-refractivity contribution in [3.8, 4) is 0 Å². The minimum absolute atomic E-state index is 0.265. The number of benzene rings is 2. The van der Waals surface area contributed by atoms with Crippen LogP contribution in [0.5, 0.6) is 0 Å². The highest BCUT2D eigenvalue weighted by Gasteiger charge is 2.26. The first-order valence-corrected chi connectivity index (χ1v) is 7.54. The van der Waals surface area contributed by atoms with E-state index in [0.717, 1.165) is 4.47 Å². The summed E-state index contributed by atoms with van der Waals surface area (Å²) in [5, 5.41) is 2.75. The summed E-state index contributed by atoms with van der Waals surface area (Å²) in [5.74, 6) is -0.265. The van der Waals surface area contributed by atoms with Gasteiger partial charge in [0.05, 0.1) is 0 Å². The normalized spacial score (nSPS) is 11.2. The number of anilines is 1. The molecule has 0 aliphatic rings. The first-order chi connectivity index (χ1) is 9.38. The maximum atomic E-state index is 12.1. The Morgan fingerprint density at radius 2 is 1.60 bits per heavy atom. The predicted molar refractivity (Wildman–Crippen MR) is 87.8 cm³/mol. The average molecular weight is 393 g/mol. The van der Waals surface area contributed by atoms with Crippen LogP contribution in [-0.4, -0.2) is 5.91 Å². The Bertz CT molecular complexity index is 623. The van der Waals surface area contributed by atoms with E-state index in [4.69, 9.17) is 34.8 Å². The second kappa shape index (κ2) is 6.35. The van der Waals surface area contributed by atoms with E-state index in [1.807, 2.05) is 0 Å². The highest BCUT2D eigenvalue weighted by atomic mass is 79.9. The lowest BCUT2D eigenvalue weighted by atomic mass is 10.1. The van der Waals surface area contributed by atoms with Gasteiger partial charge in [-0.05, 0) is 30.3 Å². The molecule has 0 aliphatic carbocycles. The van der Waals surface area contributed by atoms with Gasteiger partial charge in [-0.1, -0.05) is 68.9 Å². The van der Waals surface area contributed by atoms with Crippen LogP contribution < -0.4 is 5.32 Å². The zero-order chi connectivity index (χ0) is 14.8. The summed E-state index contributed by atoms with van der Waals surface area (Å²) < 4.78 is -0.695. The van der Waals surface area contributed by atoms with Gasteiger partial charge < -0.3 is 5.32 Å². The lowest BCUT2D eigenvalue weighted by Crippen LogP contribution is -2.15. The van der Waals surface area contributed by atoms with Gasteiger partial charge in [-0.25, -0.2) is 0 Å². The Balaban J connectivity index is 2.26. The van der Waals surface area contributed by atoms with E-state index >= 15 is 0 Å². The monoisotopic (exact) mass is 391 g/mol. The topological polar surface area (TPSA) is 29.1 Å². The number of amides is 1. The molecule has 1 N–H and O–H groups in total. The van der Waals surface area contributed by atoms with Gasteiger partial charge in [0.25, 0.3) is 5.91 Å². The largest absolute Gasteiger partial charge is 0.322 e. The number of halogens is 4. The quantitative estimate of drug-likeness (QED) is 0.668. The minimum atomic E-state index is -1.59. The third-order valence-electron chi connectivity index (χ3n) is 2.59. The van der Waals surface area contributed by atoms with Crippen molar-refractivity contribution in [3.63, 3.8) is 0 Å². The second-order valence-corrected chi connectivity index (χ2v) is 7.20. The molecule has 0 bridgehead atoms. The molecule has 0 heterocycles. The lowest BCUT2D eigenvalue weighted by molar-refractivity contribution is 0.102. The molecule has 0 spiro atoms. The summed E-state index contributed by atoms with van der Waals surface area (Å²) in [6.07, 6.45) is 0. The number of rotatable bonds is 2. The number of hydrogen-bond donors (Lipinski definition) is 1. The number of para-hydroxylation sites is 1. The summed E-state index contributed by atoms with van der Waals surface area (Å²) in [5.41, 5.74) is 1.42. The van der Waals surface area contributed by atoms with Gasteiger partial charge in [0.15, 0.2) is 0 Å². The second-order valence-electron chi connectivity index (χ2n) is 4.00. The van der Waals surface area contributed by atoms with Crippen molar-refractivity contribution >= 4 is 62.3 Å². The van der Waals surface area contributed by atoms with Crippen LogP contribution in [0.3, 0.4) is 0 Å². The number of carbonyl (C=O) groups excluding carboxylic acids is 1. The van der Waals surface area contributed by atoms with E-state index in [-0.39, 0.29) is 5.91 Å². The molecule has 0 saturated heterocycles. The van der Waals surface area contributed by atoms with Gasteiger partial charge in [-0.3, -0.25) is 4.79 Å². The third-order valence-corrected chi connectivity index (χ3v) is 3.73. The zero-order valence-corrected chi connectivity index (χ0v) is 13.9. The van der Waals surface area contributed by atoms with Gasteiger partial charge in [-0.15, -0.1) is 0 Å². The summed E-state index contributed by atoms with van der Waals surface area (Å²) in [7, 11) is 0. The fourth-order valence-electron chi connectivity index (χ4n) is 1.64. The smallest absolute Gasteiger partial charge is 0.255 e. The van der Waals surface area contributed by atoms with Crippen LogP contribution in [0, 0.1) is 0 Å². The summed E-state index contributed by atoms with van der Waals surface area (Å²) in [4.78, 5) is 12.1. The van der Waals surface area contributed by atoms with Crippen molar-refractivity contribution in [2.24, 2.45) is 0 Å². The average Bonchev–Trinajstić information content (AvgIpc) is 2.38. The van der Waals surface area contributed by atoms with E-state index < -0.39 is 3.79 Å². The Morgan fingerprint density at radius 3 is 2.20 bits per heavy atom. The highest BCUT2D eigenvalue weighted by Crippen LogP contribution is 2.41. The molecule has 2 aromatic carbocycles. The first kappa shape index (κ1) is 15.6. The molecular weight excluding hydrogens is 384 g/mol. The lowest BCUT2D eigenvalue weighted by Gasteiger charge is -2.16. The molecule has 2 aromatic rings. The minimum Gasteiger partial charge on any atom is -0.322 e. The van der Waals surface area contributed by atoms with Crippen LogP contribution >= 0.6 is 50.7 Å². The molecule has 104 valence electrons. The predicted octanol–water partition coefficient (Wildman–Crippen LogP) is 5.53. The fraction of sp³-hybridized carbons (Fsp3) is 0.0714. The molecule has 0 fully saturated rings. The van der Waals surface area contributed by atoms with Crippen LogP contribution in [0.2, 0.25) is 0 Å². The summed E-state index contributed by atoms with van der Waals surface area (Å²) in [6.45, 7) is 0. The maximum absolute atomic E-state index is 12.1. The Kier molecular flexibility index (Phi) is 4.97. The number of nitrogens with one attached hydrogen (secondary N) is 1. The maximum Gasteiger partial charge on any atom is 0.255 e. The van der Waals surface area contributed by atoms with E-state index in [1.54, 1.807) is 48.5 Å². The zero-order valence-electron chi connectivity index (χ0n) is 10.0. The van der Waals surface area contributed by atoms with Crippen molar-refractivity contribution < 1.29 is 4.79 Å². The van der Waals surface area contributed by atoms with Gasteiger partial charge in [0.1, 0.15) is 0 Å². The third kappa shape index (κ3) is 3.89. The van der Waals surface area contributed by atoms with Gasteiger partial charge in [0.2, 0.25) is 3.79 Å². The Hall–Kier alpha value is -0.740. The first-order valence-electron chi connectivity index (χ1n) is 5.61. The fourth-order valence-corrected chi connectivity index (χ4v) is 2.39. The van der Waals surface area contributed by atoms with Crippen LogP contribution in [0.25, 0.3) is 0 Å². The van der Waals surface area contributed by atoms with Crippen molar-refractivity contribution in [2.75, 3.05) is 5.32 Å². The number of carbonyl (C=O) groups is 1.